The first-order valence-corrected chi connectivity index (χ1v) is 11.5. The van der Waals surface area contributed by atoms with Crippen LogP contribution in [-0.4, -0.2) is 49.9 Å². The summed E-state index contributed by atoms with van der Waals surface area (Å²) in [5, 5.41) is 8.62. The van der Waals surface area contributed by atoms with Gasteiger partial charge >= 0.3 is 22.4 Å². The summed E-state index contributed by atoms with van der Waals surface area (Å²) < 4.78 is 118. The van der Waals surface area contributed by atoms with Crippen LogP contribution in [0.5, 0.6) is 5.75 Å². The lowest BCUT2D eigenvalue weighted by molar-refractivity contribution is -1.07. The van der Waals surface area contributed by atoms with Crippen LogP contribution >= 0.6 is 10.2 Å². The summed E-state index contributed by atoms with van der Waals surface area (Å²) in [6, 6.07) is -0.0682. The van der Waals surface area contributed by atoms with Gasteiger partial charge < -0.3 is 9.47 Å². The molecule has 1 aliphatic rings. The molecule has 1 aliphatic heterocycles. The van der Waals surface area contributed by atoms with Gasteiger partial charge in [-0.2, -0.15) is 32.9 Å². The number of rotatable bonds is 11. The zero-order valence-electron chi connectivity index (χ0n) is 18.0. The number of hydrogen-bond donors (Lipinski definition) is 3. The van der Waals surface area contributed by atoms with Gasteiger partial charge in [-0.25, -0.2) is 4.79 Å². The molecule has 1 aromatic carbocycles. The number of carbonyl (C=O) groups excluding carboxylic acids is 1. The quantitative estimate of drug-likeness (QED) is 0.168. The minimum Gasteiger partial charge on any atom is -0.475 e. The van der Waals surface area contributed by atoms with Crippen molar-refractivity contribution in [3.05, 3.63) is 28.8 Å². The van der Waals surface area contributed by atoms with E-state index in [4.69, 9.17) is 19.5 Å². The third kappa shape index (κ3) is 7.63. The van der Waals surface area contributed by atoms with Gasteiger partial charge in [0.2, 0.25) is 6.10 Å². The number of carbonyl (C=O) groups is 1. The van der Waals surface area contributed by atoms with Crippen LogP contribution in [0.4, 0.5) is 32.6 Å². The number of quaternary nitrogens is 2. The molecule has 1 heterocycles. The van der Waals surface area contributed by atoms with E-state index in [0.29, 0.717) is 6.08 Å². The van der Waals surface area contributed by atoms with Crippen molar-refractivity contribution >= 4 is 22.3 Å². The second-order valence-corrected chi connectivity index (χ2v) is 9.50. The monoisotopic (exact) mass is 550 g/mol. The van der Waals surface area contributed by atoms with Crippen molar-refractivity contribution in [1.82, 2.24) is 0 Å². The summed E-state index contributed by atoms with van der Waals surface area (Å²) >= 11 is 0. The van der Waals surface area contributed by atoms with E-state index in [-0.39, 0.29) is 24.2 Å². The molecule has 0 bridgehead atoms. The molecule has 0 aliphatic carbocycles. The van der Waals surface area contributed by atoms with Gasteiger partial charge in [0.1, 0.15) is 23.9 Å². The largest absolute Gasteiger partial charge is 0.475 e. The third-order valence-electron chi connectivity index (χ3n) is 4.43. The van der Waals surface area contributed by atoms with E-state index in [1.54, 1.807) is 0 Å². The van der Waals surface area contributed by atoms with Crippen LogP contribution in [0, 0.1) is 0 Å². The Labute approximate surface area is 192 Å². The number of benzene rings is 1. The third-order valence-corrected chi connectivity index (χ3v) is 5.56. The Balaban J connectivity index is 2.55. The van der Waals surface area contributed by atoms with E-state index in [1.165, 1.54) is 14.0 Å². The van der Waals surface area contributed by atoms with E-state index in [2.05, 4.69) is 9.68 Å². The molecule has 0 radical (unpaired) electrons. The molecule has 9 nitrogen and oxygen atoms in total. The summed E-state index contributed by atoms with van der Waals surface area (Å²) in [7, 11) is -9.03. The smallest absolute Gasteiger partial charge is 0.430 e. The van der Waals surface area contributed by atoms with Gasteiger partial charge in [-0.05, 0) is 30.2 Å². The molecule has 0 aromatic heterocycles. The van der Waals surface area contributed by atoms with Crippen LogP contribution in [0.15, 0.2) is 22.6 Å². The molecule has 35 heavy (non-hydrogen) atoms. The highest BCUT2D eigenvalue weighted by molar-refractivity contribution is 8.45. The number of esters is 1. The molecule has 5 N–H and O–H groups in total. The van der Waals surface area contributed by atoms with Crippen molar-refractivity contribution < 1.29 is 77.9 Å². The Bertz CT molecular complexity index is 973. The zero-order chi connectivity index (χ0) is 26.7. The summed E-state index contributed by atoms with van der Waals surface area (Å²) in [4.78, 5) is 24.0. The van der Waals surface area contributed by atoms with Crippen molar-refractivity contribution in [2.45, 2.75) is 36.6 Å². The number of ether oxygens (including phenoxy) is 2. The Kier molecular flexibility index (Phi) is 8.02. The minimum absolute atomic E-state index is 0.0212. The molecule has 0 spiro atoms. The number of aryl methyl sites for hydroxylation is 1. The Morgan fingerprint density at radius 1 is 1.17 bits per heavy atom. The topological polar surface area (TPSA) is 117 Å². The van der Waals surface area contributed by atoms with Crippen molar-refractivity contribution in [1.29, 1.82) is 0 Å². The molecule has 0 amide bonds. The summed E-state index contributed by atoms with van der Waals surface area (Å²) in [5.41, 5.74) is -1.71. The lowest BCUT2D eigenvalue weighted by Gasteiger charge is -2.41. The Morgan fingerprint density at radius 2 is 1.80 bits per heavy atom. The molecule has 18 heteroatoms. The molecule has 1 aromatic rings. The van der Waals surface area contributed by atoms with E-state index in [9.17, 15) is 37.4 Å². The van der Waals surface area contributed by atoms with Crippen LogP contribution in [0.2, 0.25) is 0 Å². The Hall–Kier alpha value is -2.22. The molecule has 2 unspecified atom stereocenters. The normalized spacial score (nSPS) is 19.1. The summed E-state index contributed by atoms with van der Waals surface area (Å²) in [6.07, 6.45) is -9.68. The second-order valence-electron chi connectivity index (χ2n) is 7.09. The first-order chi connectivity index (χ1) is 15.9. The van der Waals surface area contributed by atoms with Gasteiger partial charge in [-0.3, -0.25) is 0 Å². The predicted molar refractivity (Wildman–Crippen MR) is 100 cm³/mol. The molecule has 2 atom stereocenters. The van der Waals surface area contributed by atoms with Gasteiger partial charge in [-0.15, -0.1) is 0 Å². The van der Waals surface area contributed by atoms with Gasteiger partial charge in [-0.1, -0.05) is 37.6 Å². The zero-order valence-corrected chi connectivity index (χ0v) is 18.8. The predicted octanol–water partition coefficient (Wildman–Crippen LogP) is 2.47. The van der Waals surface area contributed by atoms with Gasteiger partial charge in [0.15, 0.2) is 6.10 Å². The van der Waals surface area contributed by atoms with Crippen LogP contribution < -0.4 is 16.0 Å². The number of nitrogens with two attached hydrogens (primary N) is 2. The van der Waals surface area contributed by atoms with Gasteiger partial charge in [0, 0.05) is 5.56 Å². The standard InChI is InChI=1S/C17H22F8N2O7S/c1-3-9-4-12(35(21,22,23,24)25)5-10-6-13(15(17(18,19)20)34-14(9)10)16(28)33-11(7-31-26-29)8-32-27-30-2/h4-6,11,15,29H,3,7-8,26-27H2,1-2H3/q+2. The number of fused-ring (bicyclic) bond motifs is 1. The van der Waals surface area contributed by atoms with E-state index < -0.39 is 75.1 Å². The van der Waals surface area contributed by atoms with Crippen molar-refractivity contribution in [2.24, 2.45) is 0 Å². The second kappa shape index (κ2) is 9.68. The first-order valence-electron chi connectivity index (χ1n) is 9.51. The average Bonchev–Trinajstić information content (AvgIpc) is 2.73. The SMILES string of the molecule is CCc1cc(S(F)(F)(F)(F)F)cc2c1OC(C(F)(F)F)C(C(=O)OC(CO[NH2+]O)CO[NH2+]OC)=C2. The van der Waals surface area contributed by atoms with Crippen molar-refractivity contribution in [3.63, 3.8) is 0 Å². The molecule has 0 fully saturated rings. The average molecular weight is 550 g/mol. The number of hydrogen-bond acceptors (Lipinski definition) is 7. The molecule has 0 saturated heterocycles. The maximum absolute atomic E-state index is 13.7. The van der Waals surface area contributed by atoms with E-state index in [0.717, 1.165) is 5.64 Å². The first kappa shape index (κ1) is 29.0. The fraction of sp³-hybridized carbons (Fsp3) is 0.471. The Morgan fingerprint density at radius 3 is 2.31 bits per heavy atom. The van der Waals surface area contributed by atoms with Crippen LogP contribution in [0.25, 0.3) is 6.08 Å². The molecule has 0 saturated carbocycles. The highest BCUT2D eigenvalue weighted by Crippen LogP contribution is 3.02. The molecule has 202 valence electrons. The van der Waals surface area contributed by atoms with E-state index >= 15 is 0 Å². The molecule has 2 rings (SSSR count). The number of alkyl halides is 3. The van der Waals surface area contributed by atoms with Gasteiger partial charge in [0.25, 0.3) is 0 Å². The maximum atomic E-state index is 13.7. The highest BCUT2D eigenvalue weighted by Gasteiger charge is 2.66. The fourth-order valence-corrected chi connectivity index (χ4v) is 3.67. The van der Waals surface area contributed by atoms with Crippen molar-refractivity contribution in [3.8, 4) is 5.75 Å². The number of halogens is 8. The highest BCUT2D eigenvalue weighted by atomic mass is 32.5. The van der Waals surface area contributed by atoms with Gasteiger partial charge in [0.05, 0.1) is 12.7 Å². The lowest BCUT2D eigenvalue weighted by Crippen LogP contribution is -2.82. The lowest BCUT2D eigenvalue weighted by atomic mass is 9.98. The van der Waals surface area contributed by atoms with Crippen molar-refractivity contribution in [2.75, 3.05) is 20.3 Å². The summed E-state index contributed by atoms with van der Waals surface area (Å²) in [6.45, 7) is 0.1000. The maximum Gasteiger partial charge on any atom is 0.430 e. The van der Waals surface area contributed by atoms with Crippen LogP contribution in [0.3, 0.4) is 0 Å². The molecular weight excluding hydrogens is 528 g/mol. The fourth-order valence-electron chi connectivity index (χ4n) is 2.95. The minimum atomic E-state index is -10.2. The van der Waals surface area contributed by atoms with E-state index in [1.807, 2.05) is 0 Å². The van der Waals surface area contributed by atoms with Crippen LogP contribution in [0.1, 0.15) is 18.1 Å². The molecular formula is C17H22F8N2O7S+2. The van der Waals surface area contributed by atoms with Crippen LogP contribution in [-0.2, 0) is 30.5 Å². The summed E-state index contributed by atoms with van der Waals surface area (Å²) in [5.74, 6) is -2.44.